The van der Waals surface area contributed by atoms with Crippen molar-refractivity contribution in [2.75, 3.05) is 26.2 Å². The molecular weight excluding hydrogens is 248 g/mol. The molecule has 0 atom stereocenters. The average molecular weight is 274 g/mol. The summed E-state index contributed by atoms with van der Waals surface area (Å²) in [5, 5.41) is 3.44. The molecule has 0 saturated carbocycles. The third kappa shape index (κ3) is 4.07. The lowest BCUT2D eigenvalue weighted by Crippen LogP contribution is -2.33. The van der Waals surface area contributed by atoms with Gasteiger partial charge in [0.15, 0.2) is 0 Å². The summed E-state index contributed by atoms with van der Waals surface area (Å²) >= 11 is 0. The van der Waals surface area contributed by atoms with E-state index in [1.807, 2.05) is 23.1 Å². The maximum absolute atomic E-state index is 12.5. The van der Waals surface area contributed by atoms with Crippen molar-refractivity contribution in [2.45, 2.75) is 33.1 Å². The van der Waals surface area contributed by atoms with Crippen LogP contribution >= 0.6 is 0 Å². The number of carbonyl (C=O) groups is 1. The molecule has 2 rings (SSSR count). The predicted molar refractivity (Wildman–Crippen MR) is 83.0 cm³/mol. The Morgan fingerprint density at radius 1 is 1.30 bits per heavy atom. The summed E-state index contributed by atoms with van der Waals surface area (Å²) < 4.78 is 0. The number of carbonyl (C=O) groups excluding carboxylic acids is 1. The molecule has 110 valence electrons. The molecule has 0 radical (unpaired) electrons. The lowest BCUT2D eigenvalue weighted by atomic mass is 10.0. The Bertz CT molecular complexity index is 442. The molecule has 0 saturated heterocycles. The molecule has 1 aromatic carbocycles. The van der Waals surface area contributed by atoms with Gasteiger partial charge in [0.05, 0.1) is 0 Å². The van der Waals surface area contributed by atoms with Gasteiger partial charge in [0.25, 0.3) is 5.91 Å². The first-order chi connectivity index (χ1) is 9.68. The van der Waals surface area contributed by atoms with Crippen LogP contribution in [0.25, 0.3) is 0 Å². The van der Waals surface area contributed by atoms with Crippen molar-refractivity contribution in [2.24, 2.45) is 5.92 Å². The number of hydrogen-bond acceptors (Lipinski definition) is 2. The van der Waals surface area contributed by atoms with Crippen LogP contribution in [0.4, 0.5) is 0 Å². The molecule has 0 unspecified atom stereocenters. The first-order valence-electron chi connectivity index (χ1n) is 7.76. The van der Waals surface area contributed by atoms with Gasteiger partial charge < -0.3 is 10.2 Å². The Kier molecular flexibility index (Phi) is 5.60. The fourth-order valence-electron chi connectivity index (χ4n) is 2.68. The van der Waals surface area contributed by atoms with E-state index in [1.54, 1.807) is 0 Å². The van der Waals surface area contributed by atoms with Crippen LogP contribution in [-0.4, -0.2) is 37.0 Å². The van der Waals surface area contributed by atoms with Crippen LogP contribution in [-0.2, 0) is 6.42 Å². The van der Waals surface area contributed by atoms with Gasteiger partial charge >= 0.3 is 0 Å². The number of hydrogen-bond donors (Lipinski definition) is 1. The molecular formula is C17H26N2O. The van der Waals surface area contributed by atoms with Crippen LogP contribution < -0.4 is 5.32 Å². The molecule has 1 heterocycles. The van der Waals surface area contributed by atoms with Crippen LogP contribution in [0.15, 0.2) is 24.3 Å². The number of benzene rings is 1. The summed E-state index contributed by atoms with van der Waals surface area (Å²) in [4.78, 5) is 14.5. The van der Waals surface area contributed by atoms with Gasteiger partial charge in [-0.05, 0) is 49.9 Å². The van der Waals surface area contributed by atoms with Crippen molar-refractivity contribution in [1.82, 2.24) is 10.2 Å². The second-order valence-electron chi connectivity index (χ2n) is 6.00. The summed E-state index contributed by atoms with van der Waals surface area (Å²) in [6.45, 7) is 8.21. The molecule has 0 bridgehead atoms. The van der Waals surface area contributed by atoms with Gasteiger partial charge in [0.1, 0.15) is 0 Å². The van der Waals surface area contributed by atoms with E-state index in [0.717, 1.165) is 51.0 Å². The molecule has 1 amide bonds. The second-order valence-corrected chi connectivity index (χ2v) is 6.00. The van der Waals surface area contributed by atoms with Crippen LogP contribution in [0, 0.1) is 5.92 Å². The van der Waals surface area contributed by atoms with E-state index in [1.165, 1.54) is 5.56 Å². The Balaban J connectivity index is 1.85. The maximum atomic E-state index is 12.5. The van der Waals surface area contributed by atoms with E-state index >= 15 is 0 Å². The minimum atomic E-state index is 0.210. The van der Waals surface area contributed by atoms with Crippen molar-refractivity contribution >= 4 is 5.91 Å². The van der Waals surface area contributed by atoms with Gasteiger partial charge in [-0.3, -0.25) is 4.79 Å². The standard InChI is InChI=1S/C17H26N2O/c1-14(2)13-18-10-6-12-19-11-5-8-15-7-3-4-9-16(15)17(19)20/h3-4,7,9,14,18H,5-6,8,10-13H2,1-2H3. The van der Waals surface area contributed by atoms with Gasteiger partial charge in [-0.2, -0.15) is 0 Å². The highest BCUT2D eigenvalue weighted by Crippen LogP contribution is 2.18. The number of rotatable bonds is 6. The molecule has 1 aliphatic rings. The SMILES string of the molecule is CC(C)CNCCCN1CCCc2ccccc2C1=O. The minimum absolute atomic E-state index is 0.210. The number of amides is 1. The van der Waals surface area contributed by atoms with E-state index in [2.05, 4.69) is 25.2 Å². The van der Waals surface area contributed by atoms with Crippen molar-refractivity contribution in [3.05, 3.63) is 35.4 Å². The van der Waals surface area contributed by atoms with Gasteiger partial charge in [0.2, 0.25) is 0 Å². The zero-order chi connectivity index (χ0) is 14.4. The fourth-order valence-corrected chi connectivity index (χ4v) is 2.68. The van der Waals surface area contributed by atoms with Gasteiger partial charge in [-0.1, -0.05) is 32.0 Å². The predicted octanol–water partition coefficient (Wildman–Crippen LogP) is 2.71. The van der Waals surface area contributed by atoms with E-state index in [-0.39, 0.29) is 5.91 Å². The number of aryl methyl sites for hydroxylation is 1. The smallest absolute Gasteiger partial charge is 0.254 e. The van der Waals surface area contributed by atoms with Gasteiger partial charge in [-0.15, -0.1) is 0 Å². The van der Waals surface area contributed by atoms with Crippen LogP contribution in [0.2, 0.25) is 0 Å². The summed E-state index contributed by atoms with van der Waals surface area (Å²) in [5.74, 6) is 0.892. The molecule has 1 aliphatic heterocycles. The van der Waals surface area contributed by atoms with Crippen molar-refractivity contribution in [3.63, 3.8) is 0 Å². The molecule has 0 spiro atoms. The molecule has 1 aromatic rings. The Morgan fingerprint density at radius 2 is 2.10 bits per heavy atom. The maximum Gasteiger partial charge on any atom is 0.254 e. The highest BCUT2D eigenvalue weighted by molar-refractivity contribution is 5.96. The van der Waals surface area contributed by atoms with Crippen molar-refractivity contribution < 1.29 is 4.79 Å². The molecule has 3 heteroatoms. The van der Waals surface area contributed by atoms with Crippen molar-refractivity contribution in [3.8, 4) is 0 Å². The van der Waals surface area contributed by atoms with Crippen LogP contribution in [0.1, 0.15) is 42.6 Å². The Morgan fingerprint density at radius 3 is 2.90 bits per heavy atom. The minimum Gasteiger partial charge on any atom is -0.339 e. The largest absolute Gasteiger partial charge is 0.339 e. The molecule has 0 aliphatic carbocycles. The summed E-state index contributed by atoms with van der Waals surface area (Å²) in [7, 11) is 0. The molecule has 3 nitrogen and oxygen atoms in total. The summed E-state index contributed by atoms with van der Waals surface area (Å²) in [5.41, 5.74) is 2.11. The first-order valence-corrected chi connectivity index (χ1v) is 7.76. The quantitative estimate of drug-likeness (QED) is 0.809. The Labute approximate surface area is 122 Å². The average Bonchev–Trinajstić information content (AvgIpc) is 2.59. The van der Waals surface area contributed by atoms with Crippen molar-refractivity contribution in [1.29, 1.82) is 0 Å². The van der Waals surface area contributed by atoms with E-state index < -0.39 is 0 Å². The third-order valence-corrected chi connectivity index (χ3v) is 3.74. The van der Waals surface area contributed by atoms with Crippen LogP contribution in [0.5, 0.6) is 0 Å². The lowest BCUT2D eigenvalue weighted by Gasteiger charge is -2.21. The molecule has 0 aromatic heterocycles. The number of nitrogens with one attached hydrogen (secondary N) is 1. The first kappa shape index (κ1) is 15.0. The van der Waals surface area contributed by atoms with E-state index in [9.17, 15) is 4.79 Å². The zero-order valence-corrected chi connectivity index (χ0v) is 12.7. The van der Waals surface area contributed by atoms with Crippen LogP contribution in [0.3, 0.4) is 0 Å². The van der Waals surface area contributed by atoms with E-state index in [0.29, 0.717) is 5.92 Å². The molecule has 0 fully saturated rings. The highest BCUT2D eigenvalue weighted by Gasteiger charge is 2.21. The topological polar surface area (TPSA) is 32.3 Å². The van der Waals surface area contributed by atoms with Gasteiger partial charge in [0, 0.05) is 18.7 Å². The monoisotopic (exact) mass is 274 g/mol. The zero-order valence-electron chi connectivity index (χ0n) is 12.7. The molecule has 20 heavy (non-hydrogen) atoms. The summed E-state index contributed by atoms with van der Waals surface area (Å²) in [6, 6.07) is 8.04. The lowest BCUT2D eigenvalue weighted by molar-refractivity contribution is 0.0759. The molecule has 1 N–H and O–H groups in total. The second kappa shape index (κ2) is 7.44. The Hall–Kier alpha value is -1.35. The summed E-state index contributed by atoms with van der Waals surface area (Å²) in [6.07, 6.45) is 3.12. The number of nitrogens with zero attached hydrogens (tertiary/aromatic N) is 1. The van der Waals surface area contributed by atoms with E-state index in [4.69, 9.17) is 0 Å². The highest BCUT2D eigenvalue weighted by atomic mass is 16.2. The normalized spacial score (nSPS) is 15.3. The van der Waals surface area contributed by atoms with Gasteiger partial charge in [-0.25, -0.2) is 0 Å². The fraction of sp³-hybridized carbons (Fsp3) is 0.588. The third-order valence-electron chi connectivity index (χ3n) is 3.74. The number of fused-ring (bicyclic) bond motifs is 1.